The number of hydrogen-bond acceptors (Lipinski definition) is 4. The number of halogens is 4. The molecule has 0 unspecified atom stereocenters. The first kappa shape index (κ1) is 17.7. The van der Waals surface area contributed by atoms with E-state index in [1.807, 2.05) is 0 Å². The number of nitrogens with one attached hydrogen (secondary N) is 1. The van der Waals surface area contributed by atoms with Gasteiger partial charge in [0, 0.05) is 11.6 Å². The molecule has 2 aromatic rings. The highest BCUT2D eigenvalue weighted by molar-refractivity contribution is 8.00. The zero-order valence-electron chi connectivity index (χ0n) is 11.8. The largest absolute Gasteiger partial charge is 0.417 e. The van der Waals surface area contributed by atoms with E-state index in [1.54, 1.807) is 0 Å². The van der Waals surface area contributed by atoms with Crippen LogP contribution in [0.4, 0.5) is 17.6 Å². The summed E-state index contributed by atoms with van der Waals surface area (Å²) in [5, 5.41) is 8.61. The molecule has 0 saturated heterocycles. The lowest BCUT2D eigenvalue weighted by molar-refractivity contribution is -0.138. The number of nitrogens with zero attached hydrogens (tertiary/aromatic N) is 1. The number of carbonyl (C=O) groups excluding carboxylic acids is 1. The molecule has 0 fully saturated rings. The minimum absolute atomic E-state index is 0.164. The summed E-state index contributed by atoms with van der Waals surface area (Å²) in [5.74, 6) is -1.34. The number of aromatic nitrogens is 1. The Hall–Kier alpha value is -2.60. The third kappa shape index (κ3) is 4.02. The fourth-order valence-electron chi connectivity index (χ4n) is 1.84. The summed E-state index contributed by atoms with van der Waals surface area (Å²) in [7, 11) is 0. The second-order valence-corrected chi connectivity index (χ2v) is 5.57. The highest BCUT2D eigenvalue weighted by atomic mass is 32.2. The van der Waals surface area contributed by atoms with E-state index in [1.165, 1.54) is 18.2 Å². The average molecular weight is 356 g/mol. The number of hydrogen-bond donors (Lipinski definition) is 1. The van der Waals surface area contributed by atoms with Crippen LogP contribution in [0.5, 0.6) is 0 Å². The number of thioether (sulfide) groups is 1. The fraction of sp³-hybridized carbons (Fsp3) is 0.133. The first-order valence-electron chi connectivity index (χ1n) is 6.38. The Morgan fingerprint density at radius 1 is 1.25 bits per heavy atom. The van der Waals surface area contributed by atoms with Crippen molar-refractivity contribution in [2.24, 2.45) is 0 Å². The van der Waals surface area contributed by atoms with Gasteiger partial charge in [-0.1, -0.05) is 11.8 Å². The van der Waals surface area contributed by atoms with E-state index in [9.17, 15) is 27.2 Å². The first-order valence-corrected chi connectivity index (χ1v) is 7.37. The Labute approximate surface area is 137 Å². The van der Waals surface area contributed by atoms with Crippen LogP contribution < -0.4 is 5.56 Å². The van der Waals surface area contributed by atoms with Gasteiger partial charge in [-0.2, -0.15) is 18.4 Å². The van der Waals surface area contributed by atoms with Crippen LogP contribution in [0.3, 0.4) is 0 Å². The Bertz CT molecular complexity index is 867. The summed E-state index contributed by atoms with van der Waals surface area (Å²) in [6, 6.07) is 6.31. The third-order valence-electron chi connectivity index (χ3n) is 2.94. The van der Waals surface area contributed by atoms with Crippen LogP contribution in [0.15, 0.2) is 40.2 Å². The Balaban J connectivity index is 2.28. The molecule has 0 aliphatic heterocycles. The molecule has 0 radical (unpaired) electrons. The Morgan fingerprint density at radius 3 is 2.42 bits per heavy atom. The van der Waals surface area contributed by atoms with Crippen LogP contribution in [0.2, 0.25) is 0 Å². The maximum atomic E-state index is 12.9. The number of nitriles is 1. The molecule has 24 heavy (non-hydrogen) atoms. The van der Waals surface area contributed by atoms with Crippen molar-refractivity contribution < 1.29 is 22.4 Å². The van der Waals surface area contributed by atoms with Gasteiger partial charge in [0.05, 0.1) is 21.9 Å². The normalized spacial score (nSPS) is 11.1. The molecule has 0 aliphatic rings. The van der Waals surface area contributed by atoms with Gasteiger partial charge in [0.25, 0.3) is 0 Å². The molecule has 2 rings (SSSR count). The van der Waals surface area contributed by atoms with Crippen LogP contribution in [-0.2, 0) is 6.18 Å². The number of benzene rings is 1. The van der Waals surface area contributed by atoms with Gasteiger partial charge in [-0.15, -0.1) is 0 Å². The molecule has 0 saturated carbocycles. The number of H-pyrrole nitrogens is 1. The highest BCUT2D eigenvalue weighted by Gasteiger charge is 2.35. The number of ketones is 1. The van der Waals surface area contributed by atoms with Gasteiger partial charge in [-0.25, -0.2) is 4.39 Å². The second kappa shape index (κ2) is 6.88. The van der Waals surface area contributed by atoms with Gasteiger partial charge in [0.15, 0.2) is 5.78 Å². The zero-order valence-corrected chi connectivity index (χ0v) is 12.6. The first-order chi connectivity index (χ1) is 11.2. The maximum absolute atomic E-state index is 12.9. The minimum atomic E-state index is -4.87. The molecule has 0 spiro atoms. The smallest absolute Gasteiger partial charge is 0.316 e. The van der Waals surface area contributed by atoms with Crippen LogP contribution >= 0.6 is 11.8 Å². The third-order valence-corrected chi connectivity index (χ3v) is 3.94. The summed E-state index contributed by atoms with van der Waals surface area (Å²) in [5.41, 5.74) is -2.97. The SMILES string of the molecule is N#Cc1c(C(F)(F)F)cc(=O)[nH]c1SCC(=O)c1ccc(F)cc1. The number of pyridine rings is 1. The average Bonchev–Trinajstić information content (AvgIpc) is 2.51. The van der Waals surface area contributed by atoms with Gasteiger partial charge in [0.2, 0.25) is 5.56 Å². The fourth-order valence-corrected chi connectivity index (χ4v) is 2.75. The second-order valence-electron chi connectivity index (χ2n) is 4.58. The van der Waals surface area contributed by atoms with Crippen LogP contribution in [0.1, 0.15) is 21.5 Å². The van der Waals surface area contributed by atoms with Crippen molar-refractivity contribution in [1.82, 2.24) is 4.98 Å². The number of alkyl halides is 3. The molecule has 1 aromatic heterocycles. The van der Waals surface area contributed by atoms with Gasteiger partial charge >= 0.3 is 6.18 Å². The lowest BCUT2D eigenvalue weighted by Crippen LogP contribution is -2.17. The summed E-state index contributed by atoms with van der Waals surface area (Å²) in [4.78, 5) is 25.5. The number of Topliss-reactive ketones (excluding diaryl/α,β-unsaturated/α-hetero) is 1. The minimum Gasteiger partial charge on any atom is -0.316 e. The van der Waals surface area contributed by atoms with Gasteiger partial charge in [-0.3, -0.25) is 9.59 Å². The Morgan fingerprint density at radius 2 is 1.88 bits per heavy atom. The molecule has 1 aromatic carbocycles. The standard InChI is InChI=1S/C15H8F4N2O2S/c16-9-3-1-8(2-4-9)12(22)7-24-14-10(6-20)11(15(17,18)19)5-13(23)21-14/h1-5H,7H2,(H,21,23). The summed E-state index contributed by atoms with van der Waals surface area (Å²) < 4.78 is 51.4. The van der Waals surface area contributed by atoms with E-state index in [4.69, 9.17) is 5.26 Å². The molecule has 1 heterocycles. The predicted octanol–water partition coefficient (Wildman–Crippen LogP) is 3.38. The number of carbonyl (C=O) groups is 1. The van der Waals surface area contributed by atoms with Crippen molar-refractivity contribution in [3.8, 4) is 6.07 Å². The molecule has 0 bridgehead atoms. The topological polar surface area (TPSA) is 73.7 Å². The quantitative estimate of drug-likeness (QED) is 0.518. The highest BCUT2D eigenvalue weighted by Crippen LogP contribution is 2.34. The maximum Gasteiger partial charge on any atom is 0.417 e. The van der Waals surface area contributed by atoms with Crippen molar-refractivity contribution >= 4 is 17.5 Å². The molecule has 124 valence electrons. The molecule has 0 amide bonds. The molecule has 9 heteroatoms. The zero-order chi connectivity index (χ0) is 17.9. The van der Waals surface area contributed by atoms with Crippen molar-refractivity contribution in [3.63, 3.8) is 0 Å². The van der Waals surface area contributed by atoms with Crippen molar-refractivity contribution in [2.75, 3.05) is 5.75 Å². The van der Waals surface area contributed by atoms with Gasteiger partial charge in [0.1, 0.15) is 11.9 Å². The number of aromatic amines is 1. The van der Waals surface area contributed by atoms with E-state index in [-0.39, 0.29) is 16.3 Å². The summed E-state index contributed by atoms with van der Waals surface area (Å²) >= 11 is 0.602. The lowest BCUT2D eigenvalue weighted by atomic mass is 10.1. The van der Waals surface area contributed by atoms with Crippen molar-refractivity contribution in [2.45, 2.75) is 11.2 Å². The summed E-state index contributed by atoms with van der Waals surface area (Å²) in [6.45, 7) is 0. The van der Waals surface area contributed by atoms with E-state index in [2.05, 4.69) is 4.98 Å². The molecule has 0 atom stereocenters. The molecular weight excluding hydrogens is 348 g/mol. The van der Waals surface area contributed by atoms with Crippen LogP contribution in [0, 0.1) is 17.1 Å². The van der Waals surface area contributed by atoms with Gasteiger partial charge in [-0.05, 0) is 24.3 Å². The summed E-state index contributed by atoms with van der Waals surface area (Å²) in [6.07, 6.45) is -4.87. The predicted molar refractivity (Wildman–Crippen MR) is 78.2 cm³/mol. The monoisotopic (exact) mass is 356 g/mol. The van der Waals surface area contributed by atoms with E-state index >= 15 is 0 Å². The molecule has 1 N–H and O–H groups in total. The van der Waals surface area contributed by atoms with Crippen molar-refractivity contribution in [3.05, 3.63) is 63.2 Å². The molecule has 4 nitrogen and oxygen atoms in total. The van der Waals surface area contributed by atoms with E-state index in [0.29, 0.717) is 17.8 Å². The lowest BCUT2D eigenvalue weighted by Gasteiger charge is -2.11. The molecular formula is C15H8F4N2O2S. The molecule has 0 aliphatic carbocycles. The van der Waals surface area contributed by atoms with E-state index in [0.717, 1.165) is 12.1 Å². The number of rotatable bonds is 4. The van der Waals surface area contributed by atoms with Crippen molar-refractivity contribution in [1.29, 1.82) is 5.26 Å². The van der Waals surface area contributed by atoms with Gasteiger partial charge < -0.3 is 4.98 Å². The Kier molecular flexibility index (Phi) is 5.09. The van der Waals surface area contributed by atoms with Crippen LogP contribution in [0.25, 0.3) is 0 Å². The van der Waals surface area contributed by atoms with Crippen LogP contribution in [-0.4, -0.2) is 16.5 Å². The van der Waals surface area contributed by atoms with E-state index < -0.39 is 34.5 Å².